The molecular weight excluding hydrogens is 985 g/mol. The Morgan fingerprint density at radius 3 is 0.725 bits per heavy atom. The van der Waals surface area contributed by atoms with Gasteiger partial charge in [-0.1, -0.05) is 340 Å². The van der Waals surface area contributed by atoms with E-state index in [1.807, 2.05) is 0 Å². The highest BCUT2D eigenvalue weighted by molar-refractivity contribution is 5.71. The van der Waals surface area contributed by atoms with Gasteiger partial charge in [-0.3, -0.25) is 14.4 Å². The van der Waals surface area contributed by atoms with Crippen molar-refractivity contribution < 1.29 is 28.6 Å². The first-order chi connectivity index (χ1) is 39.5. The summed E-state index contributed by atoms with van der Waals surface area (Å²) in [6, 6.07) is 0. The quantitative estimate of drug-likeness (QED) is 0.0261. The number of carbonyl (C=O) groups is 3. The molecule has 0 aromatic carbocycles. The van der Waals surface area contributed by atoms with Crippen molar-refractivity contribution in [2.45, 2.75) is 406 Å². The molecule has 1 atom stereocenters. The first kappa shape index (κ1) is 77.6. The van der Waals surface area contributed by atoms with Crippen molar-refractivity contribution in [2.75, 3.05) is 13.2 Å². The molecule has 6 heteroatoms. The molecule has 470 valence electrons. The molecule has 0 aromatic heterocycles. The molecule has 0 fully saturated rings. The molecule has 0 bridgehead atoms. The van der Waals surface area contributed by atoms with Crippen LogP contribution in [0.1, 0.15) is 400 Å². The van der Waals surface area contributed by atoms with Crippen LogP contribution in [0, 0.1) is 0 Å². The van der Waals surface area contributed by atoms with Crippen molar-refractivity contribution >= 4 is 17.9 Å². The lowest BCUT2D eigenvalue weighted by Gasteiger charge is -2.18. The van der Waals surface area contributed by atoms with E-state index in [0.29, 0.717) is 19.3 Å². The van der Waals surface area contributed by atoms with E-state index >= 15 is 0 Å². The minimum atomic E-state index is -0.773. The average Bonchev–Trinajstić information content (AvgIpc) is 3.46. The minimum absolute atomic E-state index is 0.0682. The van der Waals surface area contributed by atoms with Crippen LogP contribution in [0.4, 0.5) is 0 Å². The fourth-order valence-corrected chi connectivity index (χ4v) is 10.9. The molecule has 0 amide bonds. The summed E-state index contributed by atoms with van der Waals surface area (Å²) in [4.78, 5) is 38.5. The van der Waals surface area contributed by atoms with Gasteiger partial charge in [-0.2, -0.15) is 0 Å². The minimum Gasteiger partial charge on any atom is -0.462 e. The Balaban J connectivity index is 4.25. The highest BCUT2D eigenvalue weighted by Gasteiger charge is 2.19. The summed E-state index contributed by atoms with van der Waals surface area (Å²) in [5.74, 6) is -0.841. The lowest BCUT2D eigenvalue weighted by molar-refractivity contribution is -0.167. The maximum atomic E-state index is 13.0. The number of carbonyl (C=O) groups excluding carboxylic acids is 3. The van der Waals surface area contributed by atoms with Crippen LogP contribution in [0.2, 0.25) is 0 Å². The van der Waals surface area contributed by atoms with Gasteiger partial charge < -0.3 is 14.2 Å². The van der Waals surface area contributed by atoms with Gasteiger partial charge in [0.25, 0.3) is 0 Å². The van der Waals surface area contributed by atoms with Crippen molar-refractivity contribution in [3.8, 4) is 0 Å². The van der Waals surface area contributed by atoms with Crippen molar-refractivity contribution in [3.63, 3.8) is 0 Å². The van der Waals surface area contributed by atoms with Gasteiger partial charge in [-0.25, -0.2) is 0 Å². The Morgan fingerprint density at radius 1 is 0.250 bits per heavy atom. The third kappa shape index (κ3) is 66.4. The standard InChI is InChI=1S/C74H138O6/c1-4-7-10-13-16-19-22-25-28-31-33-34-35-36-37-38-39-40-42-43-46-49-52-55-58-61-64-67-73(76)79-70-71(69-78-72(75)66-63-60-57-54-51-48-45-30-27-24-21-18-15-12-9-6-3)80-74(77)68-65-62-59-56-53-50-47-44-41-32-29-26-23-20-17-14-11-8-5-2/h17,20,26,29,31,33,71H,4-16,18-19,21-25,27-28,30,32,34-70H2,1-3H3/b20-17-,29-26-,33-31-. The number of hydrogen-bond donors (Lipinski definition) is 0. The summed E-state index contributed by atoms with van der Waals surface area (Å²) in [6.45, 7) is 6.69. The van der Waals surface area contributed by atoms with E-state index in [4.69, 9.17) is 14.2 Å². The second kappa shape index (κ2) is 69.1. The van der Waals surface area contributed by atoms with Gasteiger partial charge in [0, 0.05) is 19.3 Å². The van der Waals surface area contributed by atoms with Crippen molar-refractivity contribution in [3.05, 3.63) is 36.5 Å². The number of unbranched alkanes of at least 4 members (excludes halogenated alkanes) is 50. The highest BCUT2D eigenvalue weighted by atomic mass is 16.6. The molecule has 0 saturated heterocycles. The largest absolute Gasteiger partial charge is 0.462 e. The number of hydrogen-bond acceptors (Lipinski definition) is 6. The molecule has 80 heavy (non-hydrogen) atoms. The molecule has 0 aliphatic heterocycles. The van der Waals surface area contributed by atoms with Crippen molar-refractivity contribution in [1.29, 1.82) is 0 Å². The van der Waals surface area contributed by atoms with E-state index < -0.39 is 6.10 Å². The summed E-state index contributed by atoms with van der Waals surface area (Å²) in [7, 11) is 0. The zero-order valence-corrected chi connectivity index (χ0v) is 54.1. The molecule has 0 radical (unpaired) electrons. The van der Waals surface area contributed by atoms with Gasteiger partial charge in [0.05, 0.1) is 0 Å². The van der Waals surface area contributed by atoms with Crippen molar-refractivity contribution in [2.24, 2.45) is 0 Å². The number of rotatable bonds is 67. The van der Waals surface area contributed by atoms with Crippen molar-refractivity contribution in [1.82, 2.24) is 0 Å². The predicted molar refractivity (Wildman–Crippen MR) is 349 cm³/mol. The highest BCUT2D eigenvalue weighted by Crippen LogP contribution is 2.18. The summed E-state index contributed by atoms with van der Waals surface area (Å²) in [5, 5.41) is 0. The summed E-state index contributed by atoms with van der Waals surface area (Å²) in [5.41, 5.74) is 0. The van der Waals surface area contributed by atoms with Crippen LogP contribution in [0.25, 0.3) is 0 Å². The molecule has 0 aliphatic rings. The maximum Gasteiger partial charge on any atom is 0.306 e. The topological polar surface area (TPSA) is 78.9 Å². The first-order valence-electron chi connectivity index (χ1n) is 36.0. The Bertz CT molecular complexity index is 1340. The smallest absolute Gasteiger partial charge is 0.306 e. The van der Waals surface area contributed by atoms with Gasteiger partial charge in [-0.05, 0) is 77.0 Å². The van der Waals surface area contributed by atoms with Crippen LogP contribution < -0.4 is 0 Å². The molecule has 6 nitrogen and oxygen atoms in total. The van der Waals surface area contributed by atoms with Gasteiger partial charge in [0.15, 0.2) is 6.10 Å². The number of ether oxygens (including phenoxy) is 3. The summed E-state index contributed by atoms with van der Waals surface area (Å²) < 4.78 is 17.0. The molecular formula is C74H138O6. The zero-order chi connectivity index (χ0) is 57.8. The molecule has 0 rings (SSSR count). The SMILES string of the molecule is CCCCC/C=C\C/C=C\CCCCCCCCCCCC(=O)OC(COC(=O)CCCCCCCCCCCCCCCCCC)COC(=O)CCCCCCCCCCCCCCCCC/C=C\CCCCCCCCCC. The molecule has 0 saturated carbocycles. The Kier molecular flexibility index (Phi) is 67.1. The third-order valence-electron chi connectivity index (χ3n) is 16.4. The van der Waals surface area contributed by atoms with Gasteiger partial charge >= 0.3 is 17.9 Å². The summed E-state index contributed by atoms with van der Waals surface area (Å²) >= 11 is 0. The second-order valence-corrected chi connectivity index (χ2v) is 24.5. The van der Waals surface area contributed by atoms with Crippen LogP contribution in [0.3, 0.4) is 0 Å². The number of esters is 3. The molecule has 0 aromatic rings. The van der Waals surface area contributed by atoms with E-state index in [0.717, 1.165) is 64.2 Å². The van der Waals surface area contributed by atoms with Crippen LogP contribution in [-0.4, -0.2) is 37.2 Å². The monoisotopic (exact) mass is 1120 g/mol. The average molecular weight is 1120 g/mol. The Morgan fingerprint density at radius 2 is 0.450 bits per heavy atom. The van der Waals surface area contributed by atoms with Crippen LogP contribution in [0.15, 0.2) is 36.5 Å². The van der Waals surface area contributed by atoms with E-state index in [2.05, 4.69) is 57.2 Å². The van der Waals surface area contributed by atoms with Gasteiger partial charge in [0.2, 0.25) is 0 Å². The zero-order valence-electron chi connectivity index (χ0n) is 54.1. The molecule has 1 unspecified atom stereocenters. The Labute approximate surface area is 499 Å². The number of allylic oxidation sites excluding steroid dienone is 6. The van der Waals surface area contributed by atoms with Gasteiger partial charge in [0.1, 0.15) is 13.2 Å². The summed E-state index contributed by atoms with van der Waals surface area (Å²) in [6.07, 6.45) is 86.0. The lowest BCUT2D eigenvalue weighted by Crippen LogP contribution is -2.30. The Hall–Kier alpha value is -2.37. The van der Waals surface area contributed by atoms with E-state index in [-0.39, 0.29) is 31.1 Å². The maximum absolute atomic E-state index is 13.0. The third-order valence-corrected chi connectivity index (χ3v) is 16.4. The van der Waals surface area contributed by atoms with Crippen LogP contribution in [-0.2, 0) is 28.6 Å². The van der Waals surface area contributed by atoms with Gasteiger partial charge in [-0.15, -0.1) is 0 Å². The molecule has 0 spiro atoms. The van der Waals surface area contributed by atoms with E-state index in [1.165, 1.54) is 295 Å². The van der Waals surface area contributed by atoms with Crippen LogP contribution in [0.5, 0.6) is 0 Å². The molecule has 0 N–H and O–H groups in total. The molecule has 0 heterocycles. The second-order valence-electron chi connectivity index (χ2n) is 24.5. The lowest BCUT2D eigenvalue weighted by atomic mass is 10.0. The fraction of sp³-hybridized carbons (Fsp3) is 0.878. The first-order valence-corrected chi connectivity index (χ1v) is 36.0. The van der Waals surface area contributed by atoms with E-state index in [1.54, 1.807) is 0 Å². The fourth-order valence-electron chi connectivity index (χ4n) is 10.9. The predicted octanol–water partition coefficient (Wildman–Crippen LogP) is 24.7. The normalized spacial score (nSPS) is 12.2. The van der Waals surface area contributed by atoms with Crippen LogP contribution >= 0.6 is 0 Å². The van der Waals surface area contributed by atoms with E-state index in [9.17, 15) is 14.4 Å². The molecule has 0 aliphatic carbocycles.